The molecule has 1 amide bonds. The van der Waals surface area contributed by atoms with Gasteiger partial charge in [-0.2, -0.15) is 0 Å². The molecule has 20 heavy (non-hydrogen) atoms. The first kappa shape index (κ1) is 14.2. The van der Waals surface area contributed by atoms with Gasteiger partial charge in [0.25, 0.3) is 5.91 Å². The highest BCUT2D eigenvalue weighted by molar-refractivity contribution is 6.04. The van der Waals surface area contributed by atoms with Gasteiger partial charge in [-0.1, -0.05) is 0 Å². The number of amides is 1. The first-order chi connectivity index (χ1) is 9.61. The number of anilines is 2. The number of hydrogen-bond donors (Lipinski definition) is 1. The Kier molecular flexibility index (Phi) is 4.45. The third-order valence-electron chi connectivity index (χ3n) is 3.20. The van der Waals surface area contributed by atoms with Crippen molar-refractivity contribution in [2.24, 2.45) is 0 Å². The van der Waals surface area contributed by atoms with Crippen molar-refractivity contribution >= 4 is 17.3 Å². The van der Waals surface area contributed by atoms with Crippen molar-refractivity contribution in [2.75, 3.05) is 16.8 Å². The molecule has 1 heterocycles. The van der Waals surface area contributed by atoms with Crippen molar-refractivity contribution in [3.63, 3.8) is 0 Å². The van der Waals surface area contributed by atoms with Crippen LogP contribution in [0.25, 0.3) is 0 Å². The molecule has 0 aliphatic carbocycles. The third-order valence-corrected chi connectivity index (χ3v) is 3.20. The van der Waals surface area contributed by atoms with Gasteiger partial charge in [0, 0.05) is 24.0 Å². The lowest BCUT2D eigenvalue weighted by molar-refractivity contribution is 0.102. The van der Waals surface area contributed by atoms with Crippen molar-refractivity contribution in [2.45, 2.75) is 26.8 Å². The Balaban J connectivity index is 2.07. The van der Waals surface area contributed by atoms with E-state index in [4.69, 9.17) is 4.42 Å². The van der Waals surface area contributed by atoms with Gasteiger partial charge in [-0.3, -0.25) is 4.79 Å². The Morgan fingerprint density at radius 3 is 2.45 bits per heavy atom. The van der Waals surface area contributed by atoms with Crippen LogP contribution >= 0.6 is 0 Å². The van der Waals surface area contributed by atoms with Crippen LogP contribution in [0.15, 0.2) is 47.3 Å². The Morgan fingerprint density at radius 2 is 1.95 bits per heavy atom. The second kappa shape index (κ2) is 6.28. The van der Waals surface area contributed by atoms with E-state index in [-0.39, 0.29) is 5.91 Å². The zero-order valence-corrected chi connectivity index (χ0v) is 12.1. The predicted molar refractivity (Wildman–Crippen MR) is 81.3 cm³/mol. The van der Waals surface area contributed by atoms with E-state index >= 15 is 0 Å². The van der Waals surface area contributed by atoms with E-state index in [9.17, 15) is 4.79 Å². The number of furan rings is 1. The molecule has 106 valence electrons. The number of rotatable bonds is 5. The molecule has 0 bridgehead atoms. The highest BCUT2D eigenvalue weighted by atomic mass is 16.3. The minimum Gasteiger partial charge on any atom is -0.472 e. The number of carbonyl (C=O) groups is 1. The quantitative estimate of drug-likeness (QED) is 0.901. The van der Waals surface area contributed by atoms with Crippen LogP contribution in [0.2, 0.25) is 0 Å². The lowest BCUT2D eigenvalue weighted by atomic mass is 10.2. The molecule has 1 aromatic carbocycles. The van der Waals surface area contributed by atoms with Crippen LogP contribution in [0.5, 0.6) is 0 Å². The van der Waals surface area contributed by atoms with E-state index in [1.54, 1.807) is 6.07 Å². The topological polar surface area (TPSA) is 45.5 Å². The summed E-state index contributed by atoms with van der Waals surface area (Å²) in [7, 11) is 0. The standard InChI is InChI=1S/C16H20N2O2/c1-4-18(12(2)3)15-7-5-14(6-8-15)17-16(19)13-9-10-20-11-13/h5-12H,4H2,1-3H3,(H,17,19). The Morgan fingerprint density at radius 1 is 1.25 bits per heavy atom. The molecule has 4 heteroatoms. The lowest BCUT2D eigenvalue weighted by Gasteiger charge is -2.27. The van der Waals surface area contributed by atoms with Crippen LogP contribution < -0.4 is 10.2 Å². The Bertz CT molecular complexity index is 544. The van der Waals surface area contributed by atoms with E-state index in [1.807, 2.05) is 24.3 Å². The maximum Gasteiger partial charge on any atom is 0.258 e. The molecule has 4 nitrogen and oxygen atoms in total. The van der Waals surface area contributed by atoms with Crippen LogP contribution in [0.4, 0.5) is 11.4 Å². The average molecular weight is 272 g/mol. The Hall–Kier alpha value is -2.23. The second-order valence-electron chi connectivity index (χ2n) is 4.89. The van der Waals surface area contributed by atoms with Crippen molar-refractivity contribution in [3.8, 4) is 0 Å². The van der Waals surface area contributed by atoms with E-state index < -0.39 is 0 Å². The van der Waals surface area contributed by atoms with Gasteiger partial charge >= 0.3 is 0 Å². The zero-order valence-electron chi connectivity index (χ0n) is 12.1. The van der Waals surface area contributed by atoms with Crippen molar-refractivity contribution in [1.29, 1.82) is 0 Å². The van der Waals surface area contributed by atoms with Gasteiger partial charge in [0.2, 0.25) is 0 Å². The molecule has 2 rings (SSSR count). The first-order valence-electron chi connectivity index (χ1n) is 6.82. The fraction of sp³-hybridized carbons (Fsp3) is 0.312. The van der Waals surface area contributed by atoms with Gasteiger partial charge in [-0.15, -0.1) is 0 Å². The van der Waals surface area contributed by atoms with Crippen LogP contribution in [0, 0.1) is 0 Å². The summed E-state index contributed by atoms with van der Waals surface area (Å²) in [6.07, 6.45) is 2.92. The maximum absolute atomic E-state index is 11.9. The van der Waals surface area contributed by atoms with Gasteiger partial charge in [0.1, 0.15) is 6.26 Å². The molecular weight excluding hydrogens is 252 g/mol. The van der Waals surface area contributed by atoms with Gasteiger partial charge in [0.15, 0.2) is 0 Å². The monoisotopic (exact) mass is 272 g/mol. The summed E-state index contributed by atoms with van der Waals surface area (Å²) >= 11 is 0. The van der Waals surface area contributed by atoms with E-state index in [1.165, 1.54) is 12.5 Å². The molecule has 0 atom stereocenters. The molecule has 1 N–H and O–H groups in total. The molecule has 0 saturated carbocycles. The van der Waals surface area contributed by atoms with Crippen molar-refractivity contribution < 1.29 is 9.21 Å². The lowest BCUT2D eigenvalue weighted by Crippen LogP contribution is -2.30. The molecular formula is C16H20N2O2. The number of hydrogen-bond acceptors (Lipinski definition) is 3. The molecule has 1 aromatic heterocycles. The van der Waals surface area contributed by atoms with Gasteiger partial charge in [-0.25, -0.2) is 0 Å². The van der Waals surface area contributed by atoms with E-state index in [0.717, 1.165) is 17.9 Å². The summed E-state index contributed by atoms with van der Waals surface area (Å²) in [4.78, 5) is 14.2. The van der Waals surface area contributed by atoms with Crippen LogP contribution in [0.1, 0.15) is 31.1 Å². The van der Waals surface area contributed by atoms with Crippen LogP contribution in [-0.4, -0.2) is 18.5 Å². The van der Waals surface area contributed by atoms with Gasteiger partial charge < -0.3 is 14.6 Å². The molecule has 0 saturated heterocycles. The third kappa shape index (κ3) is 3.20. The molecule has 0 aliphatic heterocycles. The van der Waals surface area contributed by atoms with Crippen molar-refractivity contribution in [1.82, 2.24) is 0 Å². The van der Waals surface area contributed by atoms with E-state index in [0.29, 0.717) is 11.6 Å². The molecule has 0 radical (unpaired) electrons. The summed E-state index contributed by atoms with van der Waals surface area (Å²) in [6, 6.07) is 9.97. The van der Waals surface area contributed by atoms with Crippen molar-refractivity contribution in [3.05, 3.63) is 48.4 Å². The number of nitrogens with zero attached hydrogens (tertiary/aromatic N) is 1. The SMILES string of the molecule is CCN(c1ccc(NC(=O)c2ccoc2)cc1)C(C)C. The number of nitrogens with one attached hydrogen (secondary N) is 1. The summed E-state index contributed by atoms with van der Waals surface area (Å²) in [5.74, 6) is -0.164. The number of carbonyl (C=O) groups excluding carboxylic acids is 1. The molecule has 0 fully saturated rings. The minimum atomic E-state index is -0.164. The Labute approximate surface area is 119 Å². The zero-order chi connectivity index (χ0) is 14.5. The minimum absolute atomic E-state index is 0.164. The van der Waals surface area contributed by atoms with Crippen LogP contribution in [-0.2, 0) is 0 Å². The normalized spacial score (nSPS) is 10.6. The van der Waals surface area contributed by atoms with Crippen LogP contribution in [0.3, 0.4) is 0 Å². The first-order valence-corrected chi connectivity index (χ1v) is 6.82. The smallest absolute Gasteiger partial charge is 0.258 e. The molecule has 0 spiro atoms. The highest BCUT2D eigenvalue weighted by Crippen LogP contribution is 2.20. The molecule has 0 unspecified atom stereocenters. The fourth-order valence-electron chi connectivity index (χ4n) is 2.18. The fourth-order valence-corrected chi connectivity index (χ4v) is 2.18. The molecule has 0 aliphatic rings. The summed E-state index contributed by atoms with van der Waals surface area (Å²) in [5.41, 5.74) is 2.45. The van der Waals surface area contributed by atoms with Gasteiger partial charge in [0.05, 0.1) is 11.8 Å². The number of benzene rings is 1. The second-order valence-corrected chi connectivity index (χ2v) is 4.89. The maximum atomic E-state index is 11.9. The summed E-state index contributed by atoms with van der Waals surface area (Å²) in [6.45, 7) is 7.42. The van der Waals surface area contributed by atoms with Gasteiger partial charge in [-0.05, 0) is 51.1 Å². The summed E-state index contributed by atoms with van der Waals surface area (Å²) in [5, 5.41) is 2.84. The van der Waals surface area contributed by atoms with E-state index in [2.05, 4.69) is 31.0 Å². The molecule has 2 aromatic rings. The average Bonchev–Trinajstić information content (AvgIpc) is 2.95. The largest absolute Gasteiger partial charge is 0.472 e. The summed E-state index contributed by atoms with van der Waals surface area (Å²) < 4.78 is 4.90. The predicted octanol–water partition coefficient (Wildman–Crippen LogP) is 3.77. The highest BCUT2D eigenvalue weighted by Gasteiger charge is 2.10.